The Morgan fingerprint density at radius 1 is 0.135 bits per heavy atom. The Balaban J connectivity index is 0.748. The number of hydrogen-bond donors (Lipinski definition) is 0. The molecular weight excluding hydrogens is 1160 g/mol. The summed E-state index contributed by atoms with van der Waals surface area (Å²) in [6.07, 6.45) is 0. The predicted molar refractivity (Wildman–Crippen MR) is 409 cm³/mol. The molecule has 0 radical (unpaired) electrons. The van der Waals surface area contributed by atoms with E-state index in [2.05, 4.69) is 373 Å². The van der Waals surface area contributed by atoms with E-state index in [1.54, 1.807) is 0 Å². The fraction of sp³-hybridized carbons (Fsp3) is 0. The molecule has 0 aliphatic heterocycles. The van der Waals surface area contributed by atoms with Crippen LogP contribution in [0.15, 0.2) is 364 Å². The van der Waals surface area contributed by atoms with Gasteiger partial charge < -0.3 is 9.13 Å². The van der Waals surface area contributed by atoms with Crippen molar-refractivity contribution in [3.63, 3.8) is 0 Å². The number of para-hydroxylation sites is 2. The summed E-state index contributed by atoms with van der Waals surface area (Å²) in [7, 11) is 0. The summed E-state index contributed by atoms with van der Waals surface area (Å²) in [5, 5.41) is 14.7. The van der Waals surface area contributed by atoms with Gasteiger partial charge in [-0.1, -0.05) is 267 Å². The second-order valence-electron chi connectivity index (χ2n) is 25.6. The number of benzene rings is 17. The van der Waals surface area contributed by atoms with Crippen molar-refractivity contribution in [3.05, 3.63) is 364 Å². The van der Waals surface area contributed by atoms with Gasteiger partial charge in [-0.05, 0) is 229 Å². The molecular formula is C94H60N2. The minimum Gasteiger partial charge on any atom is -0.309 e. The molecule has 0 aliphatic rings. The van der Waals surface area contributed by atoms with Crippen LogP contribution in [0, 0.1) is 0 Å². The van der Waals surface area contributed by atoms with Crippen LogP contribution in [-0.4, -0.2) is 9.13 Å². The molecule has 446 valence electrons. The maximum absolute atomic E-state index is 2.46. The lowest BCUT2D eigenvalue weighted by Crippen LogP contribution is -1.94. The highest BCUT2D eigenvalue weighted by atomic mass is 15.0. The first-order valence-electron chi connectivity index (χ1n) is 33.2. The Kier molecular flexibility index (Phi) is 13.0. The Hall–Kier alpha value is -12.6. The van der Waals surface area contributed by atoms with Crippen LogP contribution in [0.5, 0.6) is 0 Å². The Morgan fingerprint density at radius 2 is 0.375 bits per heavy atom. The number of nitrogens with zero attached hydrogens (tertiary/aromatic N) is 2. The summed E-state index contributed by atoms with van der Waals surface area (Å²) >= 11 is 0. The second kappa shape index (κ2) is 22.6. The van der Waals surface area contributed by atoms with Gasteiger partial charge in [-0.15, -0.1) is 0 Å². The summed E-state index contributed by atoms with van der Waals surface area (Å²) in [4.78, 5) is 0. The van der Waals surface area contributed by atoms with Crippen LogP contribution in [0.4, 0.5) is 0 Å². The normalized spacial score (nSPS) is 11.8. The van der Waals surface area contributed by atoms with Crippen LogP contribution >= 0.6 is 0 Å². The lowest BCUT2D eigenvalue weighted by Gasteiger charge is -2.20. The molecule has 0 aliphatic carbocycles. The smallest absolute Gasteiger partial charge is 0.0541 e. The van der Waals surface area contributed by atoms with Crippen molar-refractivity contribution < 1.29 is 0 Å². The van der Waals surface area contributed by atoms with Gasteiger partial charge in [0.25, 0.3) is 0 Å². The molecule has 19 aromatic rings. The molecule has 17 aromatic carbocycles. The lowest BCUT2D eigenvalue weighted by atomic mass is 9.84. The van der Waals surface area contributed by atoms with Crippen LogP contribution in [-0.2, 0) is 0 Å². The van der Waals surface area contributed by atoms with Crippen molar-refractivity contribution in [1.29, 1.82) is 0 Å². The third-order valence-corrected chi connectivity index (χ3v) is 20.1. The SMILES string of the molecule is c1ccc(-c2c3ccc(-c4ccc5c(c4)c4cc(-c6ccc(-c7ccc8ccccc8c7)cc6)ccc4n5-c4ccccc4)cc3c(-c3ccccc3)c3ccc(-c4ccc5c(c4)c4cc(-c6ccc(-c7ccc8ccccc8c7)cc6)ccc4n5-c4ccccc4)cc23)cc1. The maximum Gasteiger partial charge on any atom is 0.0541 e. The molecule has 0 fully saturated rings. The maximum atomic E-state index is 2.46. The van der Waals surface area contributed by atoms with Gasteiger partial charge >= 0.3 is 0 Å². The third kappa shape index (κ3) is 9.33. The summed E-state index contributed by atoms with van der Waals surface area (Å²) < 4.78 is 4.85. The van der Waals surface area contributed by atoms with E-state index in [1.165, 1.54) is 176 Å². The fourth-order valence-electron chi connectivity index (χ4n) is 15.3. The molecule has 0 unspecified atom stereocenters. The molecule has 0 saturated carbocycles. The predicted octanol–water partition coefficient (Wildman–Crippen LogP) is 25.8. The highest BCUT2D eigenvalue weighted by Crippen LogP contribution is 2.48. The van der Waals surface area contributed by atoms with Gasteiger partial charge in [-0.2, -0.15) is 0 Å². The minimum atomic E-state index is 1.14. The van der Waals surface area contributed by atoms with E-state index < -0.39 is 0 Å². The van der Waals surface area contributed by atoms with Gasteiger partial charge in [0.15, 0.2) is 0 Å². The van der Waals surface area contributed by atoms with Gasteiger partial charge in [-0.3, -0.25) is 0 Å². The van der Waals surface area contributed by atoms with E-state index in [0.29, 0.717) is 0 Å². The molecule has 96 heavy (non-hydrogen) atoms. The molecule has 2 heteroatoms. The van der Waals surface area contributed by atoms with E-state index in [9.17, 15) is 0 Å². The average Bonchev–Trinajstić information content (AvgIpc) is 1.09. The van der Waals surface area contributed by atoms with E-state index in [4.69, 9.17) is 0 Å². The first-order valence-corrected chi connectivity index (χ1v) is 33.2. The van der Waals surface area contributed by atoms with Crippen LogP contribution in [0.2, 0.25) is 0 Å². The third-order valence-electron chi connectivity index (χ3n) is 20.1. The van der Waals surface area contributed by atoms with E-state index >= 15 is 0 Å². The molecule has 0 spiro atoms. The molecule has 0 amide bonds. The molecule has 0 saturated heterocycles. The number of rotatable bonds is 10. The quantitative estimate of drug-likeness (QED) is 0.121. The highest BCUT2D eigenvalue weighted by Gasteiger charge is 2.22. The zero-order valence-electron chi connectivity index (χ0n) is 52.5. The van der Waals surface area contributed by atoms with Crippen LogP contribution in [0.1, 0.15) is 0 Å². The highest BCUT2D eigenvalue weighted by molar-refractivity contribution is 6.23. The lowest BCUT2D eigenvalue weighted by molar-refractivity contribution is 1.18. The van der Waals surface area contributed by atoms with Crippen molar-refractivity contribution in [2.45, 2.75) is 0 Å². The number of aromatic nitrogens is 2. The first-order chi connectivity index (χ1) is 47.6. The Labute approximate surface area is 556 Å². The van der Waals surface area contributed by atoms with Crippen molar-refractivity contribution in [3.8, 4) is 100 Å². The molecule has 2 heterocycles. The number of fused-ring (bicyclic) bond motifs is 10. The van der Waals surface area contributed by atoms with Gasteiger partial charge in [-0.25, -0.2) is 0 Å². The van der Waals surface area contributed by atoms with Crippen molar-refractivity contribution in [2.24, 2.45) is 0 Å². The molecule has 19 rings (SSSR count). The monoisotopic (exact) mass is 1220 g/mol. The molecule has 0 bridgehead atoms. The first kappa shape index (κ1) is 55.1. The summed E-state index contributed by atoms with van der Waals surface area (Å²) in [6.45, 7) is 0. The van der Waals surface area contributed by atoms with E-state index in [-0.39, 0.29) is 0 Å². The van der Waals surface area contributed by atoms with Crippen LogP contribution in [0.3, 0.4) is 0 Å². The Morgan fingerprint density at radius 3 is 0.708 bits per heavy atom. The molecule has 2 nitrogen and oxygen atoms in total. The molecule has 0 atom stereocenters. The van der Waals surface area contributed by atoms with Gasteiger partial charge in [0, 0.05) is 32.9 Å². The van der Waals surface area contributed by atoms with Crippen LogP contribution in [0.25, 0.3) is 187 Å². The van der Waals surface area contributed by atoms with Gasteiger partial charge in [0.1, 0.15) is 0 Å². The number of hydrogen-bond acceptors (Lipinski definition) is 0. The second-order valence-corrected chi connectivity index (χ2v) is 25.6. The Bertz CT molecular complexity index is 5870. The molecule has 0 N–H and O–H groups in total. The van der Waals surface area contributed by atoms with Gasteiger partial charge in [0.05, 0.1) is 22.1 Å². The standard InChI is InChI=1S/C94H60N2/c1-5-19-67(20-6-1)93-81-47-41-76(78-46-52-92-86(58-78)84-56-74(44-50-90(84)96(92)80-27-11-4-12-28-80)66-35-31-64(32-36-66)72-40-38-62-18-14-16-24-70(62)54-72)60-88(81)94(68-21-7-2-8-22-68)82-48-42-75(59-87(82)93)77-45-51-91-85(57-77)83-55-73(43-49-89(83)95(91)79-25-9-3-10-26-79)65-33-29-63(30-34-65)71-39-37-61-17-13-15-23-69(61)53-71/h1-60H. The average molecular weight is 1220 g/mol. The topological polar surface area (TPSA) is 9.86 Å². The van der Waals surface area contributed by atoms with Gasteiger partial charge in [0.2, 0.25) is 0 Å². The summed E-state index contributed by atoms with van der Waals surface area (Å²) in [6, 6.07) is 135. The van der Waals surface area contributed by atoms with Crippen molar-refractivity contribution in [2.75, 3.05) is 0 Å². The molecule has 2 aromatic heterocycles. The fourth-order valence-corrected chi connectivity index (χ4v) is 15.3. The summed E-state index contributed by atoms with van der Waals surface area (Å²) in [5.41, 5.74) is 26.1. The largest absolute Gasteiger partial charge is 0.309 e. The van der Waals surface area contributed by atoms with Crippen molar-refractivity contribution in [1.82, 2.24) is 9.13 Å². The zero-order valence-corrected chi connectivity index (χ0v) is 52.5. The van der Waals surface area contributed by atoms with E-state index in [1.807, 2.05) is 0 Å². The zero-order chi connectivity index (χ0) is 63.2. The van der Waals surface area contributed by atoms with Crippen molar-refractivity contribution >= 4 is 86.7 Å². The van der Waals surface area contributed by atoms with Crippen LogP contribution < -0.4 is 0 Å². The minimum absolute atomic E-state index is 1.14. The summed E-state index contributed by atoms with van der Waals surface area (Å²) in [5.74, 6) is 0. The van der Waals surface area contributed by atoms with E-state index in [0.717, 1.165) is 11.4 Å².